The first-order valence-corrected chi connectivity index (χ1v) is 7.74. The van der Waals surface area contributed by atoms with Crippen molar-refractivity contribution >= 4 is 17.5 Å². The molecule has 1 aromatic carbocycles. The number of hydrogen-bond acceptors (Lipinski definition) is 3. The van der Waals surface area contributed by atoms with Crippen LogP contribution in [-0.4, -0.2) is 32.6 Å². The number of ether oxygens (including phenoxy) is 2. The molecule has 0 aromatic heterocycles. The van der Waals surface area contributed by atoms with Gasteiger partial charge < -0.3 is 14.8 Å². The Morgan fingerprint density at radius 2 is 1.81 bits per heavy atom. The molecule has 0 atom stereocenters. The highest BCUT2D eigenvalue weighted by Gasteiger charge is 2.33. The molecule has 116 valence electrons. The van der Waals surface area contributed by atoms with E-state index in [1.165, 1.54) is 12.8 Å². The highest BCUT2D eigenvalue weighted by Crippen LogP contribution is 2.38. The third-order valence-corrected chi connectivity index (χ3v) is 4.79. The summed E-state index contributed by atoms with van der Waals surface area (Å²) in [6, 6.07) is 5.31. The summed E-state index contributed by atoms with van der Waals surface area (Å²) in [5.41, 5.74) is 0.470. The van der Waals surface area contributed by atoms with Crippen LogP contribution in [0.1, 0.15) is 36.0 Å². The van der Waals surface area contributed by atoms with Crippen molar-refractivity contribution in [3.05, 3.63) is 23.8 Å². The monoisotopic (exact) mass is 311 g/mol. The highest BCUT2D eigenvalue weighted by atomic mass is 35.5. The van der Waals surface area contributed by atoms with Crippen molar-refractivity contribution in [2.75, 3.05) is 26.6 Å². The van der Waals surface area contributed by atoms with Gasteiger partial charge in [-0.2, -0.15) is 0 Å². The number of rotatable bonds is 6. The van der Waals surface area contributed by atoms with Crippen LogP contribution in [-0.2, 0) is 0 Å². The molecule has 4 nitrogen and oxygen atoms in total. The maximum Gasteiger partial charge on any atom is 0.258 e. The van der Waals surface area contributed by atoms with Crippen LogP contribution in [0.15, 0.2) is 18.2 Å². The maximum atomic E-state index is 12.5. The van der Waals surface area contributed by atoms with Gasteiger partial charge in [-0.1, -0.05) is 18.9 Å². The topological polar surface area (TPSA) is 47.6 Å². The third-order valence-electron chi connectivity index (χ3n) is 4.23. The number of amides is 1. The average Bonchev–Trinajstić information content (AvgIpc) is 3.01. The molecular formula is C16H22ClNO3. The second kappa shape index (κ2) is 7.03. The maximum absolute atomic E-state index is 12.5. The first-order chi connectivity index (χ1) is 10.2. The summed E-state index contributed by atoms with van der Waals surface area (Å²) < 4.78 is 10.5. The number of benzene rings is 1. The molecule has 1 N–H and O–H groups in total. The van der Waals surface area contributed by atoms with Crippen molar-refractivity contribution in [1.82, 2.24) is 5.32 Å². The van der Waals surface area contributed by atoms with Gasteiger partial charge in [0.05, 0.1) is 14.2 Å². The summed E-state index contributed by atoms with van der Waals surface area (Å²) in [4.78, 5) is 12.5. The van der Waals surface area contributed by atoms with Crippen molar-refractivity contribution in [2.24, 2.45) is 5.41 Å². The lowest BCUT2D eigenvalue weighted by molar-refractivity contribution is 0.0929. The number of hydrogen-bond donors (Lipinski definition) is 1. The normalized spacial score (nSPS) is 16.5. The molecular weight excluding hydrogens is 290 g/mol. The second-order valence-corrected chi connectivity index (χ2v) is 5.83. The molecule has 1 aliphatic rings. The van der Waals surface area contributed by atoms with Gasteiger partial charge in [-0.15, -0.1) is 11.6 Å². The summed E-state index contributed by atoms with van der Waals surface area (Å²) in [5.74, 6) is 1.42. The zero-order chi connectivity index (χ0) is 15.3. The molecule has 0 saturated heterocycles. The van der Waals surface area contributed by atoms with E-state index in [1.54, 1.807) is 32.4 Å². The van der Waals surface area contributed by atoms with Gasteiger partial charge in [0, 0.05) is 17.8 Å². The Morgan fingerprint density at radius 3 is 2.29 bits per heavy atom. The Morgan fingerprint density at radius 1 is 1.24 bits per heavy atom. The summed E-state index contributed by atoms with van der Waals surface area (Å²) in [6.45, 7) is 0.594. The van der Waals surface area contributed by atoms with Crippen LogP contribution in [0.4, 0.5) is 0 Å². The van der Waals surface area contributed by atoms with E-state index in [-0.39, 0.29) is 11.3 Å². The van der Waals surface area contributed by atoms with Crippen molar-refractivity contribution < 1.29 is 14.3 Å². The van der Waals surface area contributed by atoms with E-state index < -0.39 is 0 Å². The summed E-state index contributed by atoms with van der Waals surface area (Å²) >= 11 is 6.11. The Bertz CT molecular complexity index is 476. The fourth-order valence-electron chi connectivity index (χ4n) is 2.91. The fourth-order valence-corrected chi connectivity index (χ4v) is 3.28. The number of alkyl halides is 1. The first kappa shape index (κ1) is 16.0. The van der Waals surface area contributed by atoms with Gasteiger partial charge in [0.1, 0.15) is 17.1 Å². The molecule has 1 amide bonds. The first-order valence-electron chi connectivity index (χ1n) is 7.21. The largest absolute Gasteiger partial charge is 0.496 e. The lowest BCUT2D eigenvalue weighted by atomic mass is 9.88. The molecule has 0 aliphatic heterocycles. The third kappa shape index (κ3) is 3.43. The van der Waals surface area contributed by atoms with Crippen molar-refractivity contribution in [3.8, 4) is 11.5 Å². The SMILES string of the molecule is COc1cccc(OC)c1C(=O)NCC1(CCl)CCCC1. The van der Waals surface area contributed by atoms with Gasteiger partial charge >= 0.3 is 0 Å². The minimum atomic E-state index is -0.180. The van der Waals surface area contributed by atoms with Crippen LogP contribution in [0.25, 0.3) is 0 Å². The number of nitrogens with one attached hydrogen (secondary N) is 1. The van der Waals surface area contributed by atoms with Gasteiger partial charge in [-0.3, -0.25) is 4.79 Å². The molecule has 0 spiro atoms. The molecule has 1 fully saturated rings. The molecule has 0 radical (unpaired) electrons. The number of carbonyl (C=O) groups is 1. The van der Waals surface area contributed by atoms with E-state index in [2.05, 4.69) is 5.32 Å². The standard InChI is InChI=1S/C16H22ClNO3/c1-20-12-6-5-7-13(21-2)14(12)15(19)18-11-16(10-17)8-3-4-9-16/h5-7H,3-4,8-11H2,1-2H3,(H,18,19). The van der Waals surface area contributed by atoms with Gasteiger partial charge in [0.15, 0.2) is 0 Å². The predicted octanol–water partition coefficient (Wildman–Crippen LogP) is 3.23. The van der Waals surface area contributed by atoms with E-state index in [0.29, 0.717) is 29.5 Å². The van der Waals surface area contributed by atoms with Gasteiger partial charge in [-0.25, -0.2) is 0 Å². The number of halogens is 1. The Labute approximate surface area is 130 Å². The van der Waals surface area contributed by atoms with E-state index in [9.17, 15) is 4.79 Å². The summed E-state index contributed by atoms with van der Waals surface area (Å²) in [6.07, 6.45) is 4.50. The fraction of sp³-hybridized carbons (Fsp3) is 0.562. The van der Waals surface area contributed by atoms with Crippen molar-refractivity contribution in [3.63, 3.8) is 0 Å². The second-order valence-electron chi connectivity index (χ2n) is 5.56. The molecule has 21 heavy (non-hydrogen) atoms. The van der Waals surface area contributed by atoms with Crippen LogP contribution in [0.5, 0.6) is 11.5 Å². The molecule has 0 unspecified atom stereocenters. The molecule has 0 bridgehead atoms. The molecule has 2 rings (SSSR count). The lowest BCUT2D eigenvalue weighted by Crippen LogP contribution is -2.37. The van der Waals surface area contributed by atoms with Crippen LogP contribution >= 0.6 is 11.6 Å². The van der Waals surface area contributed by atoms with Crippen molar-refractivity contribution in [2.45, 2.75) is 25.7 Å². The lowest BCUT2D eigenvalue weighted by Gasteiger charge is -2.26. The van der Waals surface area contributed by atoms with E-state index in [4.69, 9.17) is 21.1 Å². The van der Waals surface area contributed by atoms with Gasteiger partial charge in [-0.05, 0) is 25.0 Å². The smallest absolute Gasteiger partial charge is 0.258 e. The zero-order valence-corrected chi connectivity index (χ0v) is 13.3. The van der Waals surface area contributed by atoms with Gasteiger partial charge in [0.2, 0.25) is 0 Å². The van der Waals surface area contributed by atoms with Crippen LogP contribution in [0.3, 0.4) is 0 Å². The Kier molecular flexibility index (Phi) is 5.34. The van der Waals surface area contributed by atoms with E-state index >= 15 is 0 Å². The highest BCUT2D eigenvalue weighted by molar-refractivity contribution is 6.18. The minimum Gasteiger partial charge on any atom is -0.496 e. The van der Waals surface area contributed by atoms with Crippen LogP contribution < -0.4 is 14.8 Å². The predicted molar refractivity (Wildman–Crippen MR) is 83.5 cm³/mol. The molecule has 0 heterocycles. The Balaban J connectivity index is 2.13. The van der Waals surface area contributed by atoms with E-state index in [0.717, 1.165) is 12.8 Å². The molecule has 1 aromatic rings. The Hall–Kier alpha value is -1.42. The molecule has 5 heteroatoms. The van der Waals surface area contributed by atoms with Crippen LogP contribution in [0, 0.1) is 5.41 Å². The number of methoxy groups -OCH3 is 2. The van der Waals surface area contributed by atoms with Crippen LogP contribution in [0.2, 0.25) is 0 Å². The van der Waals surface area contributed by atoms with E-state index in [1.807, 2.05) is 0 Å². The summed E-state index contributed by atoms with van der Waals surface area (Å²) in [5, 5.41) is 3.00. The summed E-state index contributed by atoms with van der Waals surface area (Å²) in [7, 11) is 3.09. The quantitative estimate of drug-likeness (QED) is 0.821. The molecule has 1 saturated carbocycles. The minimum absolute atomic E-state index is 0.0342. The van der Waals surface area contributed by atoms with Gasteiger partial charge in [0.25, 0.3) is 5.91 Å². The zero-order valence-electron chi connectivity index (χ0n) is 12.6. The average molecular weight is 312 g/mol. The number of carbonyl (C=O) groups excluding carboxylic acids is 1. The molecule has 1 aliphatic carbocycles. The van der Waals surface area contributed by atoms with Crippen molar-refractivity contribution in [1.29, 1.82) is 0 Å².